The lowest BCUT2D eigenvalue weighted by Crippen LogP contribution is -2.29. The first-order valence-corrected chi connectivity index (χ1v) is 6.81. The van der Waals surface area contributed by atoms with Crippen molar-refractivity contribution in [3.8, 4) is 0 Å². The van der Waals surface area contributed by atoms with Crippen LogP contribution in [0.15, 0.2) is 30.3 Å². The second-order valence-corrected chi connectivity index (χ2v) is 5.68. The molecule has 2 aliphatic heterocycles. The lowest BCUT2D eigenvalue weighted by Gasteiger charge is -2.30. The standard InChI is InChI=1S/C14H17N2OP/c15-14(17)10-3-1-2-9(6-10)11-7-12-4-5-13(8-11)16(12)18/h1-3,6-7,12-13H,4-5,8,18H2,(H2,15,17). The van der Waals surface area contributed by atoms with Crippen molar-refractivity contribution in [2.45, 2.75) is 31.3 Å². The van der Waals surface area contributed by atoms with Gasteiger partial charge in [0.05, 0.1) is 0 Å². The molecule has 2 aliphatic rings. The lowest BCUT2D eigenvalue weighted by molar-refractivity contribution is 0.100. The van der Waals surface area contributed by atoms with E-state index < -0.39 is 0 Å². The lowest BCUT2D eigenvalue weighted by atomic mass is 9.95. The second-order valence-electron chi connectivity index (χ2n) is 5.09. The molecule has 2 N–H and O–H groups in total. The van der Waals surface area contributed by atoms with E-state index in [1.807, 2.05) is 12.1 Å². The zero-order chi connectivity index (χ0) is 12.7. The molecule has 0 aromatic heterocycles. The van der Waals surface area contributed by atoms with Crippen molar-refractivity contribution < 1.29 is 4.79 Å². The first-order valence-electron chi connectivity index (χ1n) is 6.29. The Morgan fingerprint density at radius 1 is 1.39 bits per heavy atom. The maximum atomic E-state index is 11.2. The molecule has 0 spiro atoms. The molecule has 1 amide bonds. The third kappa shape index (κ3) is 1.98. The van der Waals surface area contributed by atoms with Gasteiger partial charge in [0.2, 0.25) is 5.91 Å². The molecule has 0 radical (unpaired) electrons. The predicted molar refractivity (Wildman–Crippen MR) is 75.9 cm³/mol. The molecule has 3 rings (SSSR count). The Bertz CT molecular complexity index is 526. The van der Waals surface area contributed by atoms with E-state index in [1.54, 1.807) is 6.07 Å². The summed E-state index contributed by atoms with van der Waals surface area (Å²) in [6, 6.07) is 8.80. The Labute approximate surface area is 109 Å². The SMILES string of the molecule is NC(=O)c1cccc(C2=CC3CCC(C2)N3P)c1. The number of primary amides is 1. The van der Waals surface area contributed by atoms with Crippen LogP contribution < -0.4 is 5.73 Å². The fraction of sp³-hybridized carbons (Fsp3) is 0.357. The van der Waals surface area contributed by atoms with E-state index in [0.29, 0.717) is 17.6 Å². The molecule has 4 heteroatoms. The van der Waals surface area contributed by atoms with Gasteiger partial charge < -0.3 is 5.73 Å². The first-order chi connectivity index (χ1) is 8.65. The minimum absolute atomic E-state index is 0.357. The van der Waals surface area contributed by atoms with Crippen LogP contribution in [0.1, 0.15) is 35.2 Å². The predicted octanol–water partition coefficient (Wildman–Crippen LogP) is 2.20. The summed E-state index contributed by atoms with van der Waals surface area (Å²) in [5, 5.41) is 0. The number of nitrogens with zero attached hydrogens (tertiary/aromatic N) is 1. The summed E-state index contributed by atoms with van der Waals surface area (Å²) in [5.74, 6) is -0.357. The largest absolute Gasteiger partial charge is 0.366 e. The Morgan fingerprint density at radius 2 is 2.22 bits per heavy atom. The van der Waals surface area contributed by atoms with Gasteiger partial charge in [-0.15, -0.1) is 0 Å². The Kier molecular flexibility index (Phi) is 2.96. The van der Waals surface area contributed by atoms with Crippen LogP contribution in [0, 0.1) is 0 Å². The van der Waals surface area contributed by atoms with Crippen molar-refractivity contribution in [3.05, 3.63) is 41.5 Å². The molecule has 1 aromatic rings. The van der Waals surface area contributed by atoms with Crippen LogP contribution in [0.5, 0.6) is 0 Å². The van der Waals surface area contributed by atoms with E-state index in [9.17, 15) is 4.79 Å². The Hall–Kier alpha value is -1.18. The molecule has 3 unspecified atom stereocenters. The number of nitrogens with two attached hydrogens (primary N) is 1. The zero-order valence-corrected chi connectivity index (χ0v) is 11.3. The fourth-order valence-electron chi connectivity index (χ4n) is 2.95. The van der Waals surface area contributed by atoms with Crippen LogP contribution >= 0.6 is 9.39 Å². The Morgan fingerprint density at radius 3 is 2.94 bits per heavy atom. The highest BCUT2D eigenvalue weighted by Crippen LogP contribution is 2.40. The topological polar surface area (TPSA) is 46.3 Å². The molecule has 3 atom stereocenters. The maximum absolute atomic E-state index is 11.2. The molecule has 94 valence electrons. The number of carbonyl (C=O) groups excluding carboxylic acids is 1. The molecule has 0 saturated carbocycles. The van der Waals surface area contributed by atoms with Crippen molar-refractivity contribution in [3.63, 3.8) is 0 Å². The van der Waals surface area contributed by atoms with Gasteiger partial charge in [0.15, 0.2) is 0 Å². The van der Waals surface area contributed by atoms with E-state index in [-0.39, 0.29) is 5.91 Å². The molecular weight excluding hydrogens is 243 g/mol. The van der Waals surface area contributed by atoms with Crippen LogP contribution in [0.2, 0.25) is 0 Å². The molecule has 0 aliphatic carbocycles. The van der Waals surface area contributed by atoms with Gasteiger partial charge in [-0.3, -0.25) is 9.46 Å². The number of carbonyl (C=O) groups is 1. The van der Waals surface area contributed by atoms with Gasteiger partial charge in [-0.1, -0.05) is 27.6 Å². The summed E-state index contributed by atoms with van der Waals surface area (Å²) in [5.41, 5.74) is 8.41. The van der Waals surface area contributed by atoms with E-state index in [0.717, 1.165) is 12.0 Å². The maximum Gasteiger partial charge on any atom is 0.248 e. The number of fused-ring (bicyclic) bond motifs is 2. The van der Waals surface area contributed by atoms with Crippen LogP contribution in [-0.4, -0.2) is 22.7 Å². The quantitative estimate of drug-likeness (QED) is 0.829. The zero-order valence-electron chi connectivity index (χ0n) is 10.2. The first kappa shape index (κ1) is 11.9. The van der Waals surface area contributed by atoms with Crippen molar-refractivity contribution in [2.24, 2.45) is 5.73 Å². The van der Waals surface area contributed by atoms with Crippen molar-refractivity contribution in [1.82, 2.24) is 4.67 Å². The summed E-state index contributed by atoms with van der Waals surface area (Å²) >= 11 is 0. The summed E-state index contributed by atoms with van der Waals surface area (Å²) in [7, 11) is 2.84. The third-order valence-corrected chi connectivity index (χ3v) is 4.77. The highest BCUT2D eigenvalue weighted by molar-refractivity contribution is 7.13. The highest BCUT2D eigenvalue weighted by atomic mass is 31.0. The number of amides is 1. The van der Waals surface area contributed by atoms with Crippen molar-refractivity contribution in [2.75, 3.05) is 0 Å². The van der Waals surface area contributed by atoms with Gasteiger partial charge in [-0.2, -0.15) is 0 Å². The van der Waals surface area contributed by atoms with Crippen molar-refractivity contribution >= 4 is 20.9 Å². The van der Waals surface area contributed by atoms with Crippen LogP contribution in [0.4, 0.5) is 0 Å². The number of benzene rings is 1. The van der Waals surface area contributed by atoms with Crippen molar-refractivity contribution in [1.29, 1.82) is 0 Å². The van der Waals surface area contributed by atoms with E-state index in [1.165, 1.54) is 18.4 Å². The summed E-state index contributed by atoms with van der Waals surface area (Å²) in [6.07, 6.45) is 5.87. The highest BCUT2D eigenvalue weighted by Gasteiger charge is 2.34. The molecule has 18 heavy (non-hydrogen) atoms. The van der Waals surface area contributed by atoms with Crippen LogP contribution in [0.3, 0.4) is 0 Å². The summed E-state index contributed by atoms with van der Waals surface area (Å²) in [4.78, 5) is 11.2. The van der Waals surface area contributed by atoms with Gasteiger partial charge in [0.1, 0.15) is 0 Å². The molecule has 2 heterocycles. The Balaban J connectivity index is 1.94. The van der Waals surface area contributed by atoms with Gasteiger partial charge in [-0.25, -0.2) is 0 Å². The summed E-state index contributed by atoms with van der Waals surface area (Å²) < 4.78 is 2.38. The number of hydrogen-bond donors (Lipinski definition) is 1. The smallest absolute Gasteiger partial charge is 0.248 e. The number of rotatable bonds is 2. The fourth-order valence-corrected chi connectivity index (χ4v) is 3.44. The molecule has 1 aromatic carbocycles. The van der Waals surface area contributed by atoms with Crippen LogP contribution in [-0.2, 0) is 0 Å². The van der Waals surface area contributed by atoms with Gasteiger partial charge in [-0.05, 0) is 42.5 Å². The van der Waals surface area contributed by atoms with Gasteiger partial charge in [0.25, 0.3) is 0 Å². The van der Waals surface area contributed by atoms with E-state index in [2.05, 4.69) is 26.2 Å². The minimum Gasteiger partial charge on any atom is -0.366 e. The molecule has 2 bridgehead atoms. The molecule has 3 nitrogen and oxygen atoms in total. The van der Waals surface area contributed by atoms with E-state index >= 15 is 0 Å². The van der Waals surface area contributed by atoms with Gasteiger partial charge >= 0.3 is 0 Å². The number of hydrogen-bond acceptors (Lipinski definition) is 2. The van der Waals surface area contributed by atoms with Crippen LogP contribution in [0.25, 0.3) is 5.57 Å². The van der Waals surface area contributed by atoms with Gasteiger partial charge in [0, 0.05) is 17.6 Å². The minimum atomic E-state index is -0.357. The second kappa shape index (κ2) is 4.49. The average Bonchev–Trinajstić information content (AvgIpc) is 2.61. The van der Waals surface area contributed by atoms with E-state index in [4.69, 9.17) is 5.73 Å². The average molecular weight is 260 g/mol. The molecule has 1 fully saturated rings. The molecule has 1 saturated heterocycles. The monoisotopic (exact) mass is 260 g/mol. The molecular formula is C14H17N2OP. The normalized spacial score (nSPS) is 27.1. The summed E-state index contributed by atoms with van der Waals surface area (Å²) in [6.45, 7) is 0. The third-order valence-electron chi connectivity index (χ3n) is 3.97.